The Hall–Kier alpha value is -1.62. The van der Waals surface area contributed by atoms with Crippen molar-refractivity contribution < 1.29 is 9.53 Å². The van der Waals surface area contributed by atoms with Crippen LogP contribution in [0.5, 0.6) is 0 Å². The highest BCUT2D eigenvalue weighted by Gasteiger charge is 2.24. The molecule has 0 aromatic heterocycles. The third-order valence-corrected chi connectivity index (χ3v) is 3.73. The van der Waals surface area contributed by atoms with E-state index in [9.17, 15) is 4.79 Å². The van der Waals surface area contributed by atoms with Crippen molar-refractivity contribution in [2.75, 3.05) is 30.7 Å². The lowest BCUT2D eigenvalue weighted by atomic mass is 10.0. The number of anilines is 2. The summed E-state index contributed by atoms with van der Waals surface area (Å²) in [5, 5.41) is 4.00. The molecule has 0 atom stereocenters. The number of hydrogen-bond donors (Lipinski definition) is 2. The summed E-state index contributed by atoms with van der Waals surface area (Å²) in [5.41, 5.74) is 7.35. The van der Waals surface area contributed by atoms with Crippen molar-refractivity contribution in [2.24, 2.45) is 0 Å². The molecule has 1 aliphatic heterocycles. The number of benzene rings is 1. The van der Waals surface area contributed by atoms with E-state index in [-0.39, 0.29) is 12.1 Å². The van der Waals surface area contributed by atoms with E-state index in [1.165, 1.54) is 0 Å². The lowest BCUT2D eigenvalue weighted by molar-refractivity contribution is 0.0983. The number of hydrogen-bond acceptors (Lipinski definition) is 4. The Bertz CT molecular complexity index is 453. The fourth-order valence-corrected chi connectivity index (χ4v) is 2.55. The summed E-state index contributed by atoms with van der Waals surface area (Å²) in [5.74, 6) is 0. The quantitative estimate of drug-likeness (QED) is 0.842. The minimum atomic E-state index is -0.233. The van der Waals surface area contributed by atoms with Crippen molar-refractivity contribution in [1.29, 1.82) is 0 Å². The van der Waals surface area contributed by atoms with Crippen LogP contribution in [0.15, 0.2) is 18.2 Å². The fourth-order valence-electron chi connectivity index (χ4n) is 2.32. The second-order valence-corrected chi connectivity index (χ2v) is 5.22. The number of amides is 1. The van der Waals surface area contributed by atoms with Crippen LogP contribution in [0.2, 0.25) is 5.02 Å². The van der Waals surface area contributed by atoms with Crippen molar-refractivity contribution in [3.8, 4) is 0 Å². The highest BCUT2D eigenvalue weighted by molar-refractivity contribution is 6.33. The Kier molecular flexibility index (Phi) is 4.95. The van der Waals surface area contributed by atoms with Crippen LogP contribution in [0.25, 0.3) is 0 Å². The normalized spacial score (nSPS) is 16.0. The van der Waals surface area contributed by atoms with Gasteiger partial charge in [0.1, 0.15) is 0 Å². The van der Waals surface area contributed by atoms with Gasteiger partial charge in [-0.25, -0.2) is 4.79 Å². The lowest BCUT2D eigenvalue weighted by Crippen LogP contribution is -2.42. The standard InChI is InChI=1S/C14H20ClN3O2/c1-2-20-14(19)18-8-6-10(7-9-18)17-13-11(15)4-3-5-12(13)16/h3-5,10,17H,2,6-9,16H2,1H3. The fraction of sp³-hybridized carbons (Fsp3) is 0.500. The minimum absolute atomic E-state index is 0.233. The van der Waals surface area contributed by atoms with Gasteiger partial charge in [0.15, 0.2) is 0 Å². The van der Waals surface area contributed by atoms with Crippen LogP contribution < -0.4 is 11.1 Å². The third kappa shape index (κ3) is 3.48. The summed E-state index contributed by atoms with van der Waals surface area (Å²) in [6.45, 7) is 3.58. The van der Waals surface area contributed by atoms with Crippen LogP contribution >= 0.6 is 11.6 Å². The summed E-state index contributed by atoms with van der Waals surface area (Å²) in [4.78, 5) is 13.3. The van der Waals surface area contributed by atoms with E-state index in [1.54, 1.807) is 4.90 Å². The highest BCUT2D eigenvalue weighted by atomic mass is 35.5. The molecule has 0 unspecified atom stereocenters. The number of likely N-dealkylation sites (tertiary alicyclic amines) is 1. The summed E-state index contributed by atoms with van der Waals surface area (Å²) in [7, 11) is 0. The maximum Gasteiger partial charge on any atom is 0.409 e. The van der Waals surface area contributed by atoms with Crippen molar-refractivity contribution >= 4 is 29.1 Å². The molecule has 1 heterocycles. The predicted molar refractivity (Wildman–Crippen MR) is 81.1 cm³/mol. The Morgan fingerprint density at radius 2 is 2.20 bits per heavy atom. The lowest BCUT2D eigenvalue weighted by Gasteiger charge is -2.32. The Morgan fingerprint density at radius 1 is 1.50 bits per heavy atom. The first-order chi connectivity index (χ1) is 9.61. The van der Waals surface area contributed by atoms with E-state index in [0.29, 0.717) is 30.4 Å². The zero-order valence-electron chi connectivity index (χ0n) is 11.6. The van der Waals surface area contributed by atoms with Crippen LogP contribution in [-0.4, -0.2) is 36.7 Å². The first kappa shape index (κ1) is 14.8. The van der Waals surface area contributed by atoms with Gasteiger partial charge in [0, 0.05) is 19.1 Å². The molecule has 0 bridgehead atoms. The number of rotatable bonds is 3. The molecular formula is C14H20ClN3O2. The monoisotopic (exact) mass is 297 g/mol. The average Bonchev–Trinajstić information content (AvgIpc) is 2.44. The molecule has 6 heteroatoms. The molecule has 5 nitrogen and oxygen atoms in total. The molecule has 20 heavy (non-hydrogen) atoms. The summed E-state index contributed by atoms with van der Waals surface area (Å²) in [6, 6.07) is 5.73. The molecule has 1 fully saturated rings. The number of nitrogens with one attached hydrogen (secondary N) is 1. The van der Waals surface area contributed by atoms with Gasteiger partial charge >= 0.3 is 6.09 Å². The summed E-state index contributed by atoms with van der Waals surface area (Å²) in [6.07, 6.45) is 1.47. The number of carbonyl (C=O) groups is 1. The molecule has 0 radical (unpaired) electrons. The van der Waals surface area contributed by atoms with Gasteiger partial charge in [0.25, 0.3) is 0 Å². The number of para-hydroxylation sites is 1. The number of halogens is 1. The maximum absolute atomic E-state index is 11.6. The van der Waals surface area contributed by atoms with Gasteiger partial charge in [-0.1, -0.05) is 17.7 Å². The summed E-state index contributed by atoms with van der Waals surface area (Å²) < 4.78 is 5.00. The molecule has 1 aromatic carbocycles. The molecule has 0 spiro atoms. The second-order valence-electron chi connectivity index (χ2n) is 4.81. The molecule has 1 saturated heterocycles. The largest absolute Gasteiger partial charge is 0.450 e. The van der Waals surface area contributed by atoms with Crippen LogP contribution in [0, 0.1) is 0 Å². The number of nitrogens with zero attached hydrogens (tertiary/aromatic N) is 1. The van der Waals surface area contributed by atoms with Crippen molar-refractivity contribution in [3.05, 3.63) is 23.2 Å². The van der Waals surface area contributed by atoms with Crippen molar-refractivity contribution in [1.82, 2.24) is 4.90 Å². The van der Waals surface area contributed by atoms with Crippen LogP contribution in [0.1, 0.15) is 19.8 Å². The summed E-state index contributed by atoms with van der Waals surface area (Å²) >= 11 is 6.14. The van der Waals surface area contributed by atoms with Crippen LogP contribution in [0.3, 0.4) is 0 Å². The molecule has 2 rings (SSSR count). The molecule has 0 saturated carbocycles. The molecule has 1 aromatic rings. The molecule has 110 valence electrons. The topological polar surface area (TPSA) is 67.6 Å². The van der Waals surface area contributed by atoms with Gasteiger partial charge in [0.2, 0.25) is 0 Å². The Morgan fingerprint density at radius 3 is 2.80 bits per heavy atom. The number of carbonyl (C=O) groups excluding carboxylic acids is 1. The zero-order chi connectivity index (χ0) is 14.5. The van der Waals surface area contributed by atoms with Crippen LogP contribution in [0.4, 0.5) is 16.2 Å². The van der Waals surface area contributed by atoms with E-state index in [2.05, 4.69) is 5.32 Å². The number of ether oxygens (including phenoxy) is 1. The number of piperidine rings is 1. The van der Waals surface area contributed by atoms with E-state index in [4.69, 9.17) is 22.1 Å². The smallest absolute Gasteiger partial charge is 0.409 e. The Balaban J connectivity index is 1.90. The average molecular weight is 298 g/mol. The first-order valence-corrected chi connectivity index (χ1v) is 7.21. The van der Waals surface area contributed by atoms with E-state index >= 15 is 0 Å². The van der Waals surface area contributed by atoms with Crippen LogP contribution in [-0.2, 0) is 4.74 Å². The van der Waals surface area contributed by atoms with Crippen molar-refractivity contribution in [3.63, 3.8) is 0 Å². The maximum atomic E-state index is 11.6. The van der Waals surface area contributed by atoms with Crippen molar-refractivity contribution in [2.45, 2.75) is 25.8 Å². The molecular weight excluding hydrogens is 278 g/mol. The number of nitrogen functional groups attached to an aromatic ring is 1. The number of nitrogens with two attached hydrogens (primary N) is 1. The zero-order valence-corrected chi connectivity index (χ0v) is 12.3. The third-order valence-electron chi connectivity index (χ3n) is 3.42. The molecule has 0 aliphatic carbocycles. The predicted octanol–water partition coefficient (Wildman–Crippen LogP) is 2.96. The first-order valence-electron chi connectivity index (χ1n) is 6.84. The second kappa shape index (κ2) is 6.70. The van der Waals surface area contributed by atoms with Gasteiger partial charge in [0.05, 0.1) is 23.0 Å². The van der Waals surface area contributed by atoms with Gasteiger partial charge in [-0.05, 0) is 31.9 Å². The van der Waals surface area contributed by atoms with Gasteiger partial charge in [-0.3, -0.25) is 0 Å². The van der Waals surface area contributed by atoms with E-state index < -0.39 is 0 Å². The molecule has 3 N–H and O–H groups in total. The minimum Gasteiger partial charge on any atom is -0.450 e. The molecule has 1 aliphatic rings. The van der Waals surface area contributed by atoms with Gasteiger partial charge in [-0.2, -0.15) is 0 Å². The Labute approximate surface area is 124 Å². The van der Waals surface area contributed by atoms with Gasteiger partial charge < -0.3 is 20.7 Å². The highest BCUT2D eigenvalue weighted by Crippen LogP contribution is 2.30. The SMILES string of the molecule is CCOC(=O)N1CCC(Nc2c(N)cccc2Cl)CC1. The molecule has 1 amide bonds. The van der Waals surface area contributed by atoms with Gasteiger partial charge in [-0.15, -0.1) is 0 Å². The van der Waals surface area contributed by atoms with E-state index in [0.717, 1.165) is 18.5 Å². The van der Waals surface area contributed by atoms with E-state index in [1.807, 2.05) is 25.1 Å².